The van der Waals surface area contributed by atoms with Crippen molar-refractivity contribution in [2.75, 3.05) is 26.4 Å². The molecule has 10 heteroatoms. The Bertz CT molecular complexity index is 933. The van der Waals surface area contributed by atoms with Gasteiger partial charge in [0.2, 0.25) is 5.91 Å². The number of esters is 1. The lowest BCUT2D eigenvalue weighted by atomic mass is 10.0. The van der Waals surface area contributed by atoms with E-state index in [1.54, 1.807) is 0 Å². The molecule has 0 heterocycles. The van der Waals surface area contributed by atoms with Gasteiger partial charge in [-0.15, -0.1) is 0 Å². The number of aliphatic hydroxyl groups excluding tert-OH is 1. The number of phosphoric ester groups is 1. The van der Waals surface area contributed by atoms with Crippen LogP contribution in [-0.2, 0) is 27.9 Å². The lowest BCUT2D eigenvalue weighted by Crippen LogP contribution is -2.27. The number of phosphoric acid groups is 1. The maximum absolute atomic E-state index is 12.1. The molecular formula is C46H90NO8P. The molecule has 9 nitrogen and oxygen atoms in total. The molecule has 0 aromatic carbocycles. The molecule has 2 unspecified atom stereocenters. The van der Waals surface area contributed by atoms with Crippen LogP contribution in [-0.4, -0.2) is 54.3 Å². The Morgan fingerprint density at radius 2 is 0.911 bits per heavy atom. The first-order valence-corrected chi connectivity index (χ1v) is 25.2. The predicted octanol–water partition coefficient (Wildman–Crippen LogP) is 13.4. The Morgan fingerprint density at radius 1 is 0.536 bits per heavy atom. The van der Waals surface area contributed by atoms with Crippen LogP contribution in [0.4, 0.5) is 0 Å². The summed E-state index contributed by atoms with van der Waals surface area (Å²) in [5.41, 5.74) is 0. The zero-order valence-corrected chi connectivity index (χ0v) is 37.5. The third kappa shape index (κ3) is 43.9. The van der Waals surface area contributed by atoms with Gasteiger partial charge in [0, 0.05) is 19.4 Å². The Hall–Kier alpha value is -1.25. The lowest BCUT2D eigenvalue weighted by molar-refractivity contribution is -0.147. The summed E-state index contributed by atoms with van der Waals surface area (Å²) in [5.74, 6) is -0.514. The highest BCUT2D eigenvalue weighted by Crippen LogP contribution is 2.42. The number of amides is 1. The number of carbonyl (C=O) groups excluding carboxylic acids is 2. The van der Waals surface area contributed by atoms with Crippen molar-refractivity contribution >= 4 is 19.7 Å². The molecule has 0 aliphatic carbocycles. The molecule has 0 saturated heterocycles. The van der Waals surface area contributed by atoms with Crippen molar-refractivity contribution in [3.05, 3.63) is 12.2 Å². The van der Waals surface area contributed by atoms with E-state index in [0.29, 0.717) is 6.42 Å². The smallest absolute Gasteiger partial charge is 0.463 e. The first-order valence-electron chi connectivity index (χ1n) is 23.7. The monoisotopic (exact) mass is 816 g/mol. The van der Waals surface area contributed by atoms with E-state index >= 15 is 0 Å². The van der Waals surface area contributed by atoms with Gasteiger partial charge in [-0.05, 0) is 38.5 Å². The Kier molecular flexibility index (Phi) is 42.4. The van der Waals surface area contributed by atoms with Crippen LogP contribution >= 0.6 is 7.82 Å². The molecule has 0 aliphatic heterocycles. The SMILES string of the molecule is CCCCCCC/C=C\CCCCCCCC(=O)OCC(O)COP(=O)(O)OCCNC(=O)CCCCCCCCCCCCCCCCCCCCCCC. The van der Waals surface area contributed by atoms with Gasteiger partial charge in [0.05, 0.1) is 13.2 Å². The summed E-state index contributed by atoms with van der Waals surface area (Å²) in [6.45, 7) is 3.57. The van der Waals surface area contributed by atoms with Crippen LogP contribution in [0.3, 0.4) is 0 Å². The molecule has 56 heavy (non-hydrogen) atoms. The highest BCUT2D eigenvalue weighted by Gasteiger charge is 2.23. The quantitative estimate of drug-likeness (QED) is 0.0240. The highest BCUT2D eigenvalue weighted by atomic mass is 31.2. The average molecular weight is 816 g/mol. The molecule has 0 bridgehead atoms. The molecule has 0 radical (unpaired) electrons. The first kappa shape index (κ1) is 54.8. The number of carbonyl (C=O) groups is 2. The molecule has 0 aromatic heterocycles. The Balaban J connectivity index is 3.53. The number of allylic oxidation sites excluding steroid dienone is 2. The molecule has 2 atom stereocenters. The molecule has 3 N–H and O–H groups in total. The fourth-order valence-corrected chi connectivity index (χ4v) is 7.60. The van der Waals surface area contributed by atoms with Crippen molar-refractivity contribution < 1.29 is 37.9 Å². The number of hydrogen-bond acceptors (Lipinski definition) is 7. The standard InChI is InChI=1S/C46H90NO8P/c1-3-5-7-9-11-13-15-17-19-20-21-22-23-24-25-26-28-30-32-34-36-38-45(49)47-40-41-54-56(51,52)55-43-44(48)42-53-46(50)39-37-35-33-31-29-27-18-16-14-12-10-8-6-4-2/h16,18,44,48H,3-15,17,19-43H2,1-2H3,(H,47,49)(H,51,52)/b18-16-. The molecule has 0 spiro atoms. The van der Waals surface area contributed by atoms with Crippen LogP contribution in [0.5, 0.6) is 0 Å². The van der Waals surface area contributed by atoms with Gasteiger partial charge in [0.25, 0.3) is 0 Å². The van der Waals surface area contributed by atoms with Crippen LogP contribution in [0.25, 0.3) is 0 Å². The zero-order chi connectivity index (χ0) is 41.1. The predicted molar refractivity (Wildman–Crippen MR) is 234 cm³/mol. The van der Waals surface area contributed by atoms with Crippen LogP contribution in [0.1, 0.15) is 239 Å². The van der Waals surface area contributed by atoms with E-state index in [1.807, 2.05) is 0 Å². The summed E-state index contributed by atoms with van der Waals surface area (Å²) in [4.78, 5) is 33.9. The van der Waals surface area contributed by atoms with Crippen molar-refractivity contribution in [2.45, 2.75) is 245 Å². The molecule has 332 valence electrons. The number of unbranched alkanes of at least 4 members (excludes halogenated alkanes) is 30. The van der Waals surface area contributed by atoms with Gasteiger partial charge in [-0.2, -0.15) is 0 Å². The van der Waals surface area contributed by atoms with Crippen molar-refractivity contribution in [3.8, 4) is 0 Å². The Labute approximate surface area is 345 Å². The maximum Gasteiger partial charge on any atom is 0.472 e. The normalized spacial score (nSPS) is 13.3. The van der Waals surface area contributed by atoms with Gasteiger partial charge in [-0.3, -0.25) is 18.6 Å². The summed E-state index contributed by atoms with van der Waals surface area (Å²) in [5, 5.41) is 12.7. The fraction of sp³-hybridized carbons (Fsp3) is 0.913. The van der Waals surface area contributed by atoms with E-state index in [1.165, 1.54) is 154 Å². The number of ether oxygens (including phenoxy) is 1. The molecule has 0 aromatic rings. The minimum absolute atomic E-state index is 0.0858. The van der Waals surface area contributed by atoms with Crippen molar-refractivity contribution in [1.29, 1.82) is 0 Å². The highest BCUT2D eigenvalue weighted by molar-refractivity contribution is 7.47. The van der Waals surface area contributed by atoms with E-state index in [-0.39, 0.29) is 32.1 Å². The topological polar surface area (TPSA) is 131 Å². The first-order chi connectivity index (χ1) is 27.3. The molecule has 0 aliphatic rings. The van der Waals surface area contributed by atoms with Gasteiger partial charge in [-0.25, -0.2) is 4.57 Å². The van der Waals surface area contributed by atoms with Gasteiger partial charge in [0.15, 0.2) is 0 Å². The molecule has 0 saturated carbocycles. The van der Waals surface area contributed by atoms with Gasteiger partial charge >= 0.3 is 13.8 Å². The van der Waals surface area contributed by atoms with Crippen LogP contribution < -0.4 is 5.32 Å². The van der Waals surface area contributed by atoms with E-state index in [2.05, 4.69) is 31.3 Å². The molecule has 0 rings (SSSR count). The van der Waals surface area contributed by atoms with E-state index in [0.717, 1.165) is 57.8 Å². The van der Waals surface area contributed by atoms with Crippen molar-refractivity contribution in [2.24, 2.45) is 0 Å². The number of hydrogen-bond donors (Lipinski definition) is 3. The average Bonchev–Trinajstić information content (AvgIpc) is 3.18. The van der Waals surface area contributed by atoms with E-state index < -0.39 is 26.5 Å². The third-order valence-electron chi connectivity index (χ3n) is 10.4. The second-order valence-corrected chi connectivity index (χ2v) is 17.5. The third-order valence-corrected chi connectivity index (χ3v) is 11.4. The van der Waals surface area contributed by atoms with Crippen LogP contribution in [0, 0.1) is 0 Å². The largest absolute Gasteiger partial charge is 0.472 e. The summed E-state index contributed by atoms with van der Waals surface area (Å²) < 4.78 is 26.9. The van der Waals surface area contributed by atoms with Crippen LogP contribution in [0.2, 0.25) is 0 Å². The summed E-state index contributed by atoms with van der Waals surface area (Å²) in [6.07, 6.45) is 45.8. The summed E-state index contributed by atoms with van der Waals surface area (Å²) in [6, 6.07) is 0. The Morgan fingerprint density at radius 3 is 1.34 bits per heavy atom. The summed E-state index contributed by atoms with van der Waals surface area (Å²) in [7, 11) is -4.41. The van der Waals surface area contributed by atoms with Crippen molar-refractivity contribution in [1.82, 2.24) is 5.32 Å². The minimum Gasteiger partial charge on any atom is -0.463 e. The lowest BCUT2D eigenvalue weighted by Gasteiger charge is -2.15. The van der Waals surface area contributed by atoms with E-state index in [4.69, 9.17) is 13.8 Å². The molecule has 0 fully saturated rings. The number of rotatable bonds is 45. The molecule has 1 amide bonds. The van der Waals surface area contributed by atoms with Crippen molar-refractivity contribution in [3.63, 3.8) is 0 Å². The summed E-state index contributed by atoms with van der Waals surface area (Å²) >= 11 is 0. The fourth-order valence-electron chi connectivity index (χ4n) is 6.85. The zero-order valence-electron chi connectivity index (χ0n) is 36.6. The molecular weight excluding hydrogens is 725 g/mol. The van der Waals surface area contributed by atoms with Crippen LogP contribution in [0.15, 0.2) is 12.2 Å². The van der Waals surface area contributed by atoms with Gasteiger partial charge < -0.3 is 20.1 Å². The minimum atomic E-state index is -4.41. The van der Waals surface area contributed by atoms with E-state index in [9.17, 15) is 24.2 Å². The van der Waals surface area contributed by atoms with Gasteiger partial charge in [-0.1, -0.05) is 199 Å². The maximum atomic E-state index is 12.1. The van der Waals surface area contributed by atoms with Gasteiger partial charge in [0.1, 0.15) is 12.7 Å². The second-order valence-electron chi connectivity index (χ2n) is 16.1. The number of aliphatic hydroxyl groups is 1. The second kappa shape index (κ2) is 43.3. The number of nitrogens with one attached hydrogen (secondary N) is 1.